The topological polar surface area (TPSA) is 81.1 Å². The number of nitrogens with two attached hydrogens (primary N) is 2. The summed E-state index contributed by atoms with van der Waals surface area (Å²) in [5.41, 5.74) is 13.1. The van der Waals surface area contributed by atoms with Crippen LogP contribution < -0.4 is 16.8 Å². The van der Waals surface area contributed by atoms with Crippen molar-refractivity contribution in [2.75, 3.05) is 17.6 Å². The minimum Gasteiger partial charge on any atom is -0.399 e. The van der Waals surface area contributed by atoms with Crippen molar-refractivity contribution in [1.82, 2.24) is 0 Å². The summed E-state index contributed by atoms with van der Waals surface area (Å²) in [6.45, 7) is 3.10. The average Bonchev–Trinajstić information content (AvgIpc) is 2.95. The molecule has 1 aliphatic rings. The molecule has 1 aromatic rings. The number of nitrogen functional groups attached to an aromatic ring is 1. The van der Waals surface area contributed by atoms with Gasteiger partial charge in [0.2, 0.25) is 0 Å². The molecule has 4 nitrogen and oxygen atoms in total. The maximum atomic E-state index is 11.2. The zero-order valence-corrected chi connectivity index (χ0v) is 9.42. The molecule has 16 heavy (non-hydrogen) atoms. The fraction of sp³-hybridized carbons (Fsp3) is 0.417. The average molecular weight is 219 g/mol. The number of nitrogens with one attached hydrogen (secondary N) is 1. The second kappa shape index (κ2) is 3.70. The van der Waals surface area contributed by atoms with Crippen molar-refractivity contribution in [3.8, 4) is 0 Å². The molecule has 1 saturated carbocycles. The van der Waals surface area contributed by atoms with Gasteiger partial charge in [0.15, 0.2) is 0 Å². The summed E-state index contributed by atoms with van der Waals surface area (Å²) in [4.78, 5) is 11.2. The van der Waals surface area contributed by atoms with Gasteiger partial charge in [-0.05, 0) is 36.5 Å². The lowest BCUT2D eigenvalue weighted by molar-refractivity contribution is 0.100. The van der Waals surface area contributed by atoms with Gasteiger partial charge < -0.3 is 16.8 Å². The van der Waals surface area contributed by atoms with E-state index in [1.165, 1.54) is 12.8 Å². The van der Waals surface area contributed by atoms with Crippen LogP contribution in [-0.2, 0) is 0 Å². The van der Waals surface area contributed by atoms with Crippen LogP contribution in [0.3, 0.4) is 0 Å². The van der Waals surface area contributed by atoms with E-state index in [0.29, 0.717) is 16.7 Å². The van der Waals surface area contributed by atoms with Crippen LogP contribution in [-0.4, -0.2) is 12.5 Å². The van der Waals surface area contributed by atoms with E-state index in [0.717, 1.165) is 12.2 Å². The van der Waals surface area contributed by atoms with Crippen LogP contribution in [0.15, 0.2) is 18.2 Å². The molecule has 1 fully saturated rings. The molecule has 4 heteroatoms. The minimum atomic E-state index is -0.448. The molecule has 0 bridgehead atoms. The van der Waals surface area contributed by atoms with E-state index in [9.17, 15) is 4.79 Å². The van der Waals surface area contributed by atoms with E-state index in [-0.39, 0.29) is 0 Å². The lowest BCUT2D eigenvalue weighted by Crippen LogP contribution is -2.18. The Morgan fingerprint density at radius 3 is 2.75 bits per heavy atom. The van der Waals surface area contributed by atoms with Crippen LogP contribution in [0.5, 0.6) is 0 Å². The summed E-state index contributed by atoms with van der Waals surface area (Å²) < 4.78 is 0. The monoisotopic (exact) mass is 219 g/mol. The number of anilines is 2. The molecule has 0 radical (unpaired) electrons. The summed E-state index contributed by atoms with van der Waals surface area (Å²) >= 11 is 0. The van der Waals surface area contributed by atoms with E-state index in [1.54, 1.807) is 18.2 Å². The highest BCUT2D eigenvalue weighted by Gasteiger charge is 2.36. The Morgan fingerprint density at radius 2 is 2.19 bits per heavy atom. The van der Waals surface area contributed by atoms with Crippen molar-refractivity contribution in [2.45, 2.75) is 19.8 Å². The van der Waals surface area contributed by atoms with E-state index >= 15 is 0 Å². The molecule has 2 rings (SSSR count). The van der Waals surface area contributed by atoms with Crippen LogP contribution >= 0.6 is 0 Å². The minimum absolute atomic E-state index is 0.385. The summed E-state index contributed by atoms with van der Waals surface area (Å²) in [5.74, 6) is -0.448. The lowest BCUT2D eigenvalue weighted by atomic mass is 10.1. The Hall–Kier alpha value is -1.71. The van der Waals surface area contributed by atoms with E-state index in [2.05, 4.69) is 12.2 Å². The summed E-state index contributed by atoms with van der Waals surface area (Å²) in [6, 6.07) is 5.19. The smallest absolute Gasteiger partial charge is 0.250 e. The van der Waals surface area contributed by atoms with Crippen molar-refractivity contribution in [2.24, 2.45) is 11.1 Å². The van der Waals surface area contributed by atoms with E-state index in [1.807, 2.05) is 0 Å². The number of hydrogen-bond donors (Lipinski definition) is 3. The largest absolute Gasteiger partial charge is 0.399 e. The second-order valence-corrected chi connectivity index (χ2v) is 4.83. The number of carbonyl (C=O) groups excluding carboxylic acids is 1. The maximum absolute atomic E-state index is 11.2. The third-order valence-corrected chi connectivity index (χ3v) is 3.12. The van der Waals surface area contributed by atoms with Gasteiger partial charge in [-0.3, -0.25) is 4.79 Å². The zero-order valence-electron chi connectivity index (χ0n) is 9.42. The predicted octanol–water partition coefficient (Wildman–Crippen LogP) is 1.58. The fourth-order valence-corrected chi connectivity index (χ4v) is 1.62. The van der Waals surface area contributed by atoms with E-state index < -0.39 is 5.91 Å². The Morgan fingerprint density at radius 1 is 1.50 bits per heavy atom. The molecule has 0 aliphatic heterocycles. The number of primary amides is 1. The summed E-state index contributed by atoms with van der Waals surface area (Å²) in [5, 5.41) is 3.27. The molecule has 1 aliphatic carbocycles. The quantitative estimate of drug-likeness (QED) is 0.672. The Kier molecular flexibility index (Phi) is 2.50. The second-order valence-electron chi connectivity index (χ2n) is 4.83. The highest BCUT2D eigenvalue weighted by atomic mass is 16.1. The Balaban J connectivity index is 2.15. The number of carbonyl (C=O) groups is 1. The van der Waals surface area contributed by atoms with Crippen LogP contribution in [0.4, 0.5) is 11.4 Å². The van der Waals surface area contributed by atoms with Gasteiger partial charge in [-0.1, -0.05) is 6.92 Å². The molecular weight excluding hydrogens is 202 g/mol. The maximum Gasteiger partial charge on any atom is 0.250 e. The van der Waals surface area contributed by atoms with Crippen LogP contribution in [0.2, 0.25) is 0 Å². The van der Waals surface area contributed by atoms with Crippen LogP contribution in [0.1, 0.15) is 30.1 Å². The van der Waals surface area contributed by atoms with Crippen LogP contribution in [0, 0.1) is 5.41 Å². The Bertz CT molecular complexity index is 424. The number of hydrogen-bond acceptors (Lipinski definition) is 3. The molecule has 0 spiro atoms. The summed E-state index contributed by atoms with van der Waals surface area (Å²) in [6.07, 6.45) is 2.47. The Labute approximate surface area is 95.0 Å². The van der Waals surface area contributed by atoms with E-state index in [4.69, 9.17) is 11.5 Å². The van der Waals surface area contributed by atoms with Gasteiger partial charge in [-0.15, -0.1) is 0 Å². The number of benzene rings is 1. The number of amides is 1. The SMILES string of the molecule is CC1(CNc2ccc(N)cc2C(N)=O)CC1. The molecule has 0 aromatic heterocycles. The van der Waals surface area contributed by atoms with Gasteiger partial charge in [-0.25, -0.2) is 0 Å². The predicted molar refractivity (Wildman–Crippen MR) is 65.2 cm³/mol. The standard InChI is InChI=1S/C12H17N3O/c1-12(4-5-12)7-15-10-3-2-8(13)6-9(10)11(14)16/h2-3,6,15H,4-5,7,13H2,1H3,(H2,14,16). The van der Waals surface area contributed by atoms with Crippen molar-refractivity contribution < 1.29 is 4.79 Å². The first-order valence-corrected chi connectivity index (χ1v) is 5.43. The van der Waals surface area contributed by atoms with Crippen LogP contribution in [0.25, 0.3) is 0 Å². The molecule has 0 saturated heterocycles. The summed E-state index contributed by atoms with van der Waals surface area (Å²) in [7, 11) is 0. The normalized spacial score (nSPS) is 16.8. The highest BCUT2D eigenvalue weighted by Crippen LogP contribution is 2.44. The highest BCUT2D eigenvalue weighted by molar-refractivity contribution is 5.99. The van der Waals surface area contributed by atoms with Gasteiger partial charge in [0.25, 0.3) is 5.91 Å². The van der Waals surface area contributed by atoms with Crippen molar-refractivity contribution >= 4 is 17.3 Å². The number of rotatable bonds is 4. The molecule has 1 aromatic carbocycles. The first kappa shape index (κ1) is 10.8. The molecule has 86 valence electrons. The van der Waals surface area contributed by atoms with Crippen molar-refractivity contribution in [1.29, 1.82) is 0 Å². The first-order chi connectivity index (χ1) is 7.50. The van der Waals surface area contributed by atoms with Gasteiger partial charge in [0.05, 0.1) is 5.56 Å². The fourth-order valence-electron chi connectivity index (χ4n) is 1.62. The molecule has 0 unspecified atom stereocenters. The van der Waals surface area contributed by atoms with Crippen molar-refractivity contribution in [3.05, 3.63) is 23.8 Å². The molecular formula is C12H17N3O. The third-order valence-electron chi connectivity index (χ3n) is 3.12. The van der Waals surface area contributed by atoms with Gasteiger partial charge in [0, 0.05) is 17.9 Å². The van der Waals surface area contributed by atoms with Gasteiger partial charge >= 0.3 is 0 Å². The molecule has 5 N–H and O–H groups in total. The van der Waals surface area contributed by atoms with Crippen molar-refractivity contribution in [3.63, 3.8) is 0 Å². The molecule has 0 atom stereocenters. The lowest BCUT2D eigenvalue weighted by Gasteiger charge is -2.14. The first-order valence-electron chi connectivity index (χ1n) is 5.43. The molecule has 0 heterocycles. The third kappa shape index (κ3) is 2.27. The molecule has 1 amide bonds. The van der Waals surface area contributed by atoms with Gasteiger partial charge in [-0.2, -0.15) is 0 Å². The zero-order chi connectivity index (χ0) is 11.8. The van der Waals surface area contributed by atoms with Gasteiger partial charge in [0.1, 0.15) is 0 Å².